The van der Waals surface area contributed by atoms with Gasteiger partial charge in [0.05, 0.1) is 0 Å². The molecular formula is C12H8F4N2S. The zero-order chi connectivity index (χ0) is 14.0. The maximum atomic E-state index is 13.4. The quantitative estimate of drug-likeness (QED) is 0.523. The first-order valence-electron chi connectivity index (χ1n) is 5.14. The Morgan fingerprint density at radius 2 is 1.68 bits per heavy atom. The molecule has 1 heterocycles. The Balaban J connectivity index is 2.43. The highest BCUT2D eigenvalue weighted by Crippen LogP contribution is 2.27. The molecule has 2 nitrogen and oxygen atoms in total. The predicted octanol–water partition coefficient (Wildman–Crippen LogP) is 4.10. The Bertz CT molecular complexity index is 593. The van der Waals surface area contributed by atoms with E-state index in [1.165, 1.54) is 17.8 Å². The summed E-state index contributed by atoms with van der Waals surface area (Å²) in [6.07, 6.45) is 1.83. The Morgan fingerprint density at radius 3 is 2.26 bits per heavy atom. The van der Waals surface area contributed by atoms with Gasteiger partial charge in [0, 0.05) is 10.6 Å². The molecule has 0 bridgehead atoms. The Kier molecular flexibility index (Phi) is 3.94. The number of hydrogen-bond donors (Lipinski definition) is 1. The first kappa shape index (κ1) is 13.7. The lowest BCUT2D eigenvalue weighted by molar-refractivity contribution is 0.411. The number of halogens is 4. The number of nitrogens with zero attached hydrogens (tertiary/aromatic N) is 1. The first-order valence-corrected chi connectivity index (χ1v) is 6.36. The molecule has 0 saturated carbocycles. The fourth-order valence-corrected chi connectivity index (χ4v) is 1.90. The lowest BCUT2D eigenvalue weighted by Crippen LogP contribution is -2.06. The number of thioether (sulfide) groups is 1. The van der Waals surface area contributed by atoms with Gasteiger partial charge in [-0.05, 0) is 24.5 Å². The molecule has 19 heavy (non-hydrogen) atoms. The molecule has 0 aliphatic heterocycles. The van der Waals surface area contributed by atoms with Gasteiger partial charge in [-0.3, -0.25) is 0 Å². The van der Waals surface area contributed by atoms with E-state index in [4.69, 9.17) is 0 Å². The van der Waals surface area contributed by atoms with Crippen LogP contribution in [-0.2, 0) is 0 Å². The van der Waals surface area contributed by atoms with E-state index in [-0.39, 0.29) is 0 Å². The van der Waals surface area contributed by atoms with Crippen molar-refractivity contribution in [2.24, 2.45) is 0 Å². The molecule has 1 aromatic heterocycles. The third-order valence-electron chi connectivity index (χ3n) is 2.34. The van der Waals surface area contributed by atoms with Crippen LogP contribution in [0.2, 0.25) is 0 Å². The van der Waals surface area contributed by atoms with Crippen molar-refractivity contribution in [1.29, 1.82) is 0 Å². The number of rotatable bonds is 3. The van der Waals surface area contributed by atoms with Crippen LogP contribution in [-0.4, -0.2) is 11.2 Å². The van der Waals surface area contributed by atoms with E-state index in [1.54, 1.807) is 18.2 Å². The molecule has 0 unspecified atom stereocenters. The topological polar surface area (TPSA) is 24.9 Å². The van der Waals surface area contributed by atoms with Crippen LogP contribution in [0.25, 0.3) is 0 Å². The smallest absolute Gasteiger partial charge is 0.253 e. The van der Waals surface area contributed by atoms with Gasteiger partial charge in [0.1, 0.15) is 5.69 Å². The summed E-state index contributed by atoms with van der Waals surface area (Å²) in [5.41, 5.74) is -0.585. The minimum atomic E-state index is -1.69. The van der Waals surface area contributed by atoms with Crippen molar-refractivity contribution in [3.8, 4) is 0 Å². The zero-order valence-electron chi connectivity index (χ0n) is 9.68. The summed E-state index contributed by atoms with van der Waals surface area (Å²) in [5.74, 6) is -6.51. The van der Waals surface area contributed by atoms with Crippen molar-refractivity contribution in [3.63, 3.8) is 0 Å². The Morgan fingerprint density at radius 1 is 1.05 bits per heavy atom. The van der Waals surface area contributed by atoms with E-state index in [2.05, 4.69) is 10.3 Å². The molecule has 0 saturated heterocycles. The third-order valence-corrected chi connectivity index (χ3v) is 3.06. The molecule has 0 aliphatic rings. The van der Waals surface area contributed by atoms with Crippen molar-refractivity contribution in [2.45, 2.75) is 4.90 Å². The molecular weight excluding hydrogens is 280 g/mol. The predicted molar refractivity (Wildman–Crippen MR) is 65.6 cm³/mol. The molecule has 0 radical (unpaired) electrons. The molecule has 0 spiro atoms. The van der Waals surface area contributed by atoms with Gasteiger partial charge in [0.15, 0.2) is 0 Å². The van der Waals surface area contributed by atoms with Gasteiger partial charge in [-0.2, -0.15) is 22.5 Å². The van der Waals surface area contributed by atoms with Crippen LogP contribution in [0.5, 0.6) is 0 Å². The van der Waals surface area contributed by atoms with E-state index in [0.29, 0.717) is 5.69 Å². The summed E-state index contributed by atoms with van der Waals surface area (Å²) in [7, 11) is 0. The summed E-state index contributed by atoms with van der Waals surface area (Å²) in [5, 5.41) is 2.31. The van der Waals surface area contributed by atoms with E-state index >= 15 is 0 Å². The summed E-state index contributed by atoms with van der Waals surface area (Å²) in [6.45, 7) is 0. The second kappa shape index (κ2) is 5.48. The van der Waals surface area contributed by atoms with Gasteiger partial charge >= 0.3 is 0 Å². The fraction of sp³-hybridized carbons (Fsp3) is 0.0833. The molecule has 1 N–H and O–H groups in total. The number of benzene rings is 1. The standard InChI is InChI=1S/C12H8F4N2S/c1-19-7-4-2-3-6(5-7)17-10-8(13)11(15)18-12(16)9(10)14/h2-5H,1H3,(H,17,18). The maximum Gasteiger partial charge on any atom is 0.253 e. The summed E-state index contributed by atoms with van der Waals surface area (Å²) >= 11 is 1.42. The maximum absolute atomic E-state index is 13.4. The van der Waals surface area contributed by atoms with Crippen molar-refractivity contribution in [3.05, 3.63) is 47.8 Å². The van der Waals surface area contributed by atoms with Crippen molar-refractivity contribution < 1.29 is 17.6 Å². The summed E-state index contributed by atoms with van der Waals surface area (Å²) in [6, 6.07) is 6.56. The van der Waals surface area contributed by atoms with Crippen molar-refractivity contribution in [1.82, 2.24) is 4.98 Å². The van der Waals surface area contributed by atoms with Crippen molar-refractivity contribution in [2.75, 3.05) is 11.6 Å². The average molecular weight is 288 g/mol. The van der Waals surface area contributed by atoms with Crippen LogP contribution < -0.4 is 5.32 Å². The highest BCUT2D eigenvalue weighted by atomic mass is 32.2. The highest BCUT2D eigenvalue weighted by Gasteiger charge is 2.20. The Labute approximate surface area is 110 Å². The van der Waals surface area contributed by atoms with Crippen molar-refractivity contribution >= 4 is 23.1 Å². The van der Waals surface area contributed by atoms with Gasteiger partial charge in [-0.1, -0.05) is 6.07 Å². The lowest BCUT2D eigenvalue weighted by atomic mass is 10.3. The van der Waals surface area contributed by atoms with Crippen LogP contribution in [0.4, 0.5) is 28.9 Å². The largest absolute Gasteiger partial charge is 0.350 e. The molecule has 1 aromatic carbocycles. The fourth-order valence-electron chi connectivity index (χ4n) is 1.44. The molecule has 2 rings (SSSR count). The molecule has 0 atom stereocenters. The Hall–Kier alpha value is -1.76. The van der Waals surface area contributed by atoms with Crippen LogP contribution in [0, 0.1) is 23.5 Å². The van der Waals surface area contributed by atoms with Crippen LogP contribution in [0.3, 0.4) is 0 Å². The van der Waals surface area contributed by atoms with Gasteiger partial charge in [0.25, 0.3) is 11.9 Å². The second-order valence-electron chi connectivity index (χ2n) is 3.55. The van der Waals surface area contributed by atoms with E-state index in [9.17, 15) is 17.6 Å². The normalized spacial score (nSPS) is 10.6. The van der Waals surface area contributed by atoms with Crippen LogP contribution >= 0.6 is 11.8 Å². The van der Waals surface area contributed by atoms with Gasteiger partial charge in [-0.25, -0.2) is 0 Å². The highest BCUT2D eigenvalue weighted by molar-refractivity contribution is 7.98. The summed E-state index contributed by atoms with van der Waals surface area (Å²) < 4.78 is 52.7. The molecule has 0 fully saturated rings. The molecule has 0 amide bonds. The molecule has 2 aromatic rings. The zero-order valence-corrected chi connectivity index (χ0v) is 10.5. The summed E-state index contributed by atoms with van der Waals surface area (Å²) in [4.78, 5) is 3.32. The number of pyridine rings is 1. The minimum absolute atomic E-state index is 0.314. The van der Waals surface area contributed by atoms with E-state index in [0.717, 1.165) is 4.90 Å². The van der Waals surface area contributed by atoms with Crippen LogP contribution in [0.15, 0.2) is 29.2 Å². The van der Waals surface area contributed by atoms with E-state index in [1.807, 2.05) is 6.26 Å². The molecule has 7 heteroatoms. The molecule has 0 aliphatic carbocycles. The number of anilines is 2. The van der Waals surface area contributed by atoms with Gasteiger partial charge in [-0.15, -0.1) is 11.8 Å². The number of nitrogens with one attached hydrogen (secondary N) is 1. The molecule has 100 valence electrons. The van der Waals surface area contributed by atoms with Gasteiger partial charge in [0.2, 0.25) is 11.6 Å². The SMILES string of the molecule is CSc1cccc(Nc2c(F)c(F)nc(F)c2F)c1. The van der Waals surface area contributed by atoms with Gasteiger partial charge < -0.3 is 5.32 Å². The lowest BCUT2D eigenvalue weighted by Gasteiger charge is -2.10. The number of hydrogen-bond acceptors (Lipinski definition) is 3. The average Bonchev–Trinajstić information content (AvgIpc) is 2.41. The second-order valence-corrected chi connectivity index (χ2v) is 4.43. The minimum Gasteiger partial charge on any atom is -0.350 e. The monoisotopic (exact) mass is 288 g/mol. The van der Waals surface area contributed by atoms with Crippen LogP contribution in [0.1, 0.15) is 0 Å². The third kappa shape index (κ3) is 2.81. The van der Waals surface area contributed by atoms with E-state index < -0.39 is 29.2 Å². The number of aromatic nitrogens is 1. The first-order chi connectivity index (χ1) is 9.02.